The Morgan fingerprint density at radius 3 is 2.70 bits per heavy atom. The monoisotopic (exact) mass is 321 g/mol. The molecule has 1 amide bonds. The van der Waals surface area contributed by atoms with Gasteiger partial charge in [-0.2, -0.15) is 0 Å². The number of carbonyl (C=O) groups excluding carboxylic acids is 1. The Balaban J connectivity index is 2.12. The number of hydrogen-bond acceptors (Lipinski definition) is 4. The number of rotatable bonds is 6. The third-order valence-electron chi connectivity index (χ3n) is 4.01. The highest BCUT2D eigenvalue weighted by molar-refractivity contribution is 5.85. The molecule has 1 aliphatic rings. The maximum absolute atomic E-state index is 12.5. The van der Waals surface area contributed by atoms with Crippen LogP contribution in [0.25, 0.3) is 0 Å². The van der Waals surface area contributed by atoms with Crippen molar-refractivity contribution in [1.29, 1.82) is 0 Å². The minimum atomic E-state index is -1.11. The molecule has 6 heteroatoms. The summed E-state index contributed by atoms with van der Waals surface area (Å²) in [4.78, 5) is 23.7. The molecule has 1 saturated heterocycles. The smallest absolute Gasteiger partial charge is 0.328 e. The summed E-state index contributed by atoms with van der Waals surface area (Å²) in [5, 5.41) is 11.7. The van der Waals surface area contributed by atoms with Gasteiger partial charge in [0, 0.05) is 13.7 Å². The molecule has 23 heavy (non-hydrogen) atoms. The lowest BCUT2D eigenvalue weighted by Gasteiger charge is -2.32. The van der Waals surface area contributed by atoms with E-state index in [2.05, 4.69) is 5.32 Å². The van der Waals surface area contributed by atoms with Gasteiger partial charge < -0.3 is 19.9 Å². The minimum absolute atomic E-state index is 0.0656. The van der Waals surface area contributed by atoms with Crippen LogP contribution in [0.2, 0.25) is 0 Å². The van der Waals surface area contributed by atoms with Crippen LogP contribution in [0.15, 0.2) is 24.3 Å². The number of aliphatic carboxylic acids is 1. The van der Waals surface area contributed by atoms with E-state index in [1.807, 2.05) is 31.2 Å². The highest BCUT2D eigenvalue weighted by Crippen LogP contribution is 2.34. The number of benzene rings is 1. The standard InChI is InChI=1S/C17H23NO5/c1-11-5-7-12(8-6-11)15-13(4-3-9-23-15)16(19)18-14(10-22-2)17(20)21/h5-8,13-15H,3-4,9-10H2,1-2H3,(H,18,19)(H,20,21). The maximum atomic E-state index is 12.5. The second-order valence-corrected chi connectivity index (χ2v) is 5.81. The lowest BCUT2D eigenvalue weighted by atomic mass is 9.88. The molecule has 0 aliphatic carbocycles. The molecule has 2 rings (SSSR count). The summed E-state index contributed by atoms with van der Waals surface area (Å²) in [7, 11) is 1.40. The Morgan fingerprint density at radius 2 is 2.09 bits per heavy atom. The average Bonchev–Trinajstić information content (AvgIpc) is 2.55. The summed E-state index contributed by atoms with van der Waals surface area (Å²) in [5.41, 5.74) is 2.07. The lowest BCUT2D eigenvalue weighted by Crippen LogP contribution is -2.48. The van der Waals surface area contributed by atoms with Gasteiger partial charge in [0.2, 0.25) is 5.91 Å². The fourth-order valence-corrected chi connectivity index (χ4v) is 2.75. The summed E-state index contributed by atoms with van der Waals surface area (Å²) < 4.78 is 10.7. The summed E-state index contributed by atoms with van der Waals surface area (Å²) >= 11 is 0. The normalized spacial score (nSPS) is 22.3. The van der Waals surface area contributed by atoms with Crippen LogP contribution in [0.3, 0.4) is 0 Å². The predicted octanol–water partition coefficient (Wildman–Crippen LogP) is 1.68. The zero-order chi connectivity index (χ0) is 16.8. The van der Waals surface area contributed by atoms with E-state index in [9.17, 15) is 9.59 Å². The Bertz CT molecular complexity index is 542. The molecule has 2 N–H and O–H groups in total. The average molecular weight is 321 g/mol. The second kappa shape index (κ2) is 8.08. The molecule has 3 atom stereocenters. The number of ether oxygens (including phenoxy) is 2. The third-order valence-corrected chi connectivity index (χ3v) is 4.01. The van der Waals surface area contributed by atoms with Gasteiger partial charge in [-0.15, -0.1) is 0 Å². The Kier molecular flexibility index (Phi) is 6.12. The Morgan fingerprint density at radius 1 is 1.39 bits per heavy atom. The molecule has 126 valence electrons. The third kappa shape index (κ3) is 4.53. The van der Waals surface area contributed by atoms with Crippen molar-refractivity contribution in [2.45, 2.75) is 31.9 Å². The van der Waals surface area contributed by atoms with Gasteiger partial charge in [0.05, 0.1) is 18.6 Å². The van der Waals surface area contributed by atoms with Crippen LogP contribution in [0.4, 0.5) is 0 Å². The van der Waals surface area contributed by atoms with Crippen LogP contribution in [0.1, 0.15) is 30.1 Å². The lowest BCUT2D eigenvalue weighted by molar-refractivity contribution is -0.146. The van der Waals surface area contributed by atoms with Crippen molar-refractivity contribution in [2.24, 2.45) is 5.92 Å². The molecule has 3 unspecified atom stereocenters. The van der Waals surface area contributed by atoms with Gasteiger partial charge in [-0.3, -0.25) is 4.79 Å². The summed E-state index contributed by atoms with van der Waals surface area (Å²) in [6.45, 7) is 2.53. The van der Waals surface area contributed by atoms with Crippen molar-refractivity contribution in [3.05, 3.63) is 35.4 Å². The van der Waals surface area contributed by atoms with E-state index in [1.165, 1.54) is 7.11 Å². The van der Waals surface area contributed by atoms with Crippen LogP contribution in [0.5, 0.6) is 0 Å². The zero-order valence-electron chi connectivity index (χ0n) is 13.5. The fourth-order valence-electron chi connectivity index (χ4n) is 2.75. The van der Waals surface area contributed by atoms with Crippen molar-refractivity contribution in [3.63, 3.8) is 0 Å². The van der Waals surface area contributed by atoms with Gasteiger partial charge >= 0.3 is 5.97 Å². The highest BCUT2D eigenvalue weighted by atomic mass is 16.5. The first-order valence-corrected chi connectivity index (χ1v) is 7.73. The van der Waals surface area contributed by atoms with Crippen molar-refractivity contribution < 1.29 is 24.2 Å². The molecule has 0 bridgehead atoms. The van der Waals surface area contributed by atoms with Gasteiger partial charge in [-0.05, 0) is 25.3 Å². The van der Waals surface area contributed by atoms with E-state index in [0.717, 1.165) is 17.5 Å². The zero-order valence-corrected chi connectivity index (χ0v) is 13.5. The SMILES string of the molecule is COCC(NC(=O)C1CCCOC1c1ccc(C)cc1)C(=O)O. The Hall–Kier alpha value is -1.92. The number of carboxylic acid groups (broad SMARTS) is 1. The van der Waals surface area contributed by atoms with Crippen molar-refractivity contribution >= 4 is 11.9 Å². The largest absolute Gasteiger partial charge is 0.480 e. The van der Waals surface area contributed by atoms with Crippen LogP contribution in [-0.2, 0) is 19.1 Å². The molecule has 1 aliphatic heterocycles. The van der Waals surface area contributed by atoms with Crippen LogP contribution < -0.4 is 5.32 Å². The van der Waals surface area contributed by atoms with Crippen molar-refractivity contribution in [2.75, 3.05) is 20.3 Å². The number of methoxy groups -OCH3 is 1. The number of hydrogen-bond donors (Lipinski definition) is 2. The number of carboxylic acids is 1. The van der Waals surface area contributed by atoms with E-state index in [4.69, 9.17) is 14.6 Å². The Labute approximate surface area is 135 Å². The molecule has 0 radical (unpaired) electrons. The predicted molar refractivity (Wildman–Crippen MR) is 84.0 cm³/mol. The molecule has 1 heterocycles. The second-order valence-electron chi connectivity index (χ2n) is 5.81. The van der Waals surface area contributed by atoms with Gasteiger partial charge in [-0.1, -0.05) is 29.8 Å². The van der Waals surface area contributed by atoms with Crippen LogP contribution in [-0.4, -0.2) is 43.3 Å². The summed E-state index contributed by atoms with van der Waals surface area (Å²) in [6.07, 6.45) is 1.10. The molecule has 0 saturated carbocycles. The van der Waals surface area contributed by atoms with Gasteiger partial charge in [0.15, 0.2) is 6.04 Å². The molecular weight excluding hydrogens is 298 g/mol. The topological polar surface area (TPSA) is 84.9 Å². The first kappa shape index (κ1) is 17.4. The number of aryl methyl sites for hydroxylation is 1. The van der Waals surface area contributed by atoms with Crippen LogP contribution in [0, 0.1) is 12.8 Å². The molecule has 6 nitrogen and oxygen atoms in total. The van der Waals surface area contributed by atoms with E-state index in [-0.39, 0.29) is 18.6 Å². The first-order chi connectivity index (χ1) is 11.0. The van der Waals surface area contributed by atoms with E-state index < -0.39 is 17.9 Å². The van der Waals surface area contributed by atoms with Crippen molar-refractivity contribution in [1.82, 2.24) is 5.32 Å². The maximum Gasteiger partial charge on any atom is 0.328 e. The van der Waals surface area contributed by atoms with Crippen molar-refractivity contribution in [3.8, 4) is 0 Å². The van der Waals surface area contributed by atoms with Crippen LogP contribution >= 0.6 is 0 Å². The molecular formula is C17H23NO5. The number of carbonyl (C=O) groups is 2. The number of amides is 1. The molecule has 1 aromatic rings. The van der Waals surface area contributed by atoms with E-state index in [0.29, 0.717) is 13.0 Å². The molecule has 1 fully saturated rings. The fraction of sp³-hybridized carbons (Fsp3) is 0.529. The van der Waals surface area contributed by atoms with E-state index >= 15 is 0 Å². The van der Waals surface area contributed by atoms with E-state index in [1.54, 1.807) is 0 Å². The first-order valence-electron chi connectivity index (χ1n) is 7.73. The quantitative estimate of drug-likeness (QED) is 0.833. The van der Waals surface area contributed by atoms with Gasteiger partial charge in [0.1, 0.15) is 0 Å². The van der Waals surface area contributed by atoms with Gasteiger partial charge in [0.25, 0.3) is 0 Å². The van der Waals surface area contributed by atoms with Gasteiger partial charge in [-0.25, -0.2) is 4.79 Å². The molecule has 0 aromatic heterocycles. The summed E-state index contributed by atoms with van der Waals surface area (Å²) in [5.74, 6) is -1.81. The molecule has 1 aromatic carbocycles. The summed E-state index contributed by atoms with van der Waals surface area (Å²) in [6, 6.07) is 6.82. The minimum Gasteiger partial charge on any atom is -0.480 e. The number of nitrogens with one attached hydrogen (secondary N) is 1. The molecule has 0 spiro atoms. The highest BCUT2D eigenvalue weighted by Gasteiger charge is 2.35.